The SMILES string of the molecule is COc1ccc(NC(N)=NCc2ccc(OC(C)(C)C)cc2C(F)(F)F)cc1OC.I. The van der Waals surface area contributed by atoms with Gasteiger partial charge in [0.05, 0.1) is 26.3 Å². The molecule has 0 aliphatic heterocycles. The quantitative estimate of drug-likeness (QED) is 0.283. The Morgan fingerprint density at radius 2 is 1.65 bits per heavy atom. The minimum Gasteiger partial charge on any atom is -0.493 e. The summed E-state index contributed by atoms with van der Waals surface area (Å²) >= 11 is 0. The summed E-state index contributed by atoms with van der Waals surface area (Å²) < 4.78 is 56.4. The Morgan fingerprint density at radius 1 is 1.00 bits per heavy atom. The van der Waals surface area contributed by atoms with Crippen molar-refractivity contribution < 1.29 is 27.4 Å². The molecule has 0 amide bonds. The van der Waals surface area contributed by atoms with Crippen LogP contribution in [0.3, 0.4) is 0 Å². The summed E-state index contributed by atoms with van der Waals surface area (Å²) in [4.78, 5) is 4.04. The first kappa shape index (κ1) is 26.7. The highest BCUT2D eigenvalue weighted by Gasteiger charge is 2.34. The van der Waals surface area contributed by atoms with Crippen LogP contribution in [0.1, 0.15) is 31.9 Å². The molecular weight excluding hydrogens is 526 g/mol. The number of nitrogens with zero attached hydrogens (tertiary/aromatic N) is 1. The van der Waals surface area contributed by atoms with Gasteiger partial charge < -0.3 is 25.3 Å². The number of rotatable bonds is 6. The van der Waals surface area contributed by atoms with Gasteiger partial charge in [0, 0.05) is 11.8 Å². The van der Waals surface area contributed by atoms with Crippen LogP contribution >= 0.6 is 24.0 Å². The molecule has 2 rings (SSSR count). The van der Waals surface area contributed by atoms with E-state index in [4.69, 9.17) is 19.9 Å². The van der Waals surface area contributed by atoms with E-state index in [0.717, 1.165) is 6.07 Å². The fourth-order valence-electron chi connectivity index (χ4n) is 2.65. The highest BCUT2D eigenvalue weighted by Crippen LogP contribution is 2.35. The fourth-order valence-corrected chi connectivity index (χ4v) is 2.65. The molecule has 0 aromatic heterocycles. The lowest BCUT2D eigenvalue weighted by atomic mass is 10.1. The summed E-state index contributed by atoms with van der Waals surface area (Å²) in [6.45, 7) is 5.04. The van der Waals surface area contributed by atoms with Crippen LogP contribution in [0.2, 0.25) is 0 Å². The van der Waals surface area contributed by atoms with Crippen LogP contribution < -0.4 is 25.3 Å². The highest BCUT2D eigenvalue weighted by atomic mass is 127. The smallest absolute Gasteiger partial charge is 0.416 e. The molecule has 0 aliphatic carbocycles. The van der Waals surface area contributed by atoms with Crippen LogP contribution in [0, 0.1) is 0 Å². The van der Waals surface area contributed by atoms with Crippen LogP contribution in [-0.2, 0) is 12.7 Å². The predicted molar refractivity (Wildman–Crippen MR) is 126 cm³/mol. The van der Waals surface area contributed by atoms with Crippen molar-refractivity contribution >= 4 is 35.6 Å². The Balaban J connectivity index is 0.00000480. The number of nitrogens with two attached hydrogens (primary N) is 1. The van der Waals surface area contributed by atoms with Gasteiger partial charge in [-0.1, -0.05) is 6.07 Å². The average molecular weight is 553 g/mol. The van der Waals surface area contributed by atoms with E-state index >= 15 is 0 Å². The van der Waals surface area contributed by atoms with Gasteiger partial charge in [0.25, 0.3) is 0 Å². The Morgan fingerprint density at radius 3 is 2.19 bits per heavy atom. The predicted octanol–water partition coefficient (Wildman–Crippen LogP) is 5.44. The van der Waals surface area contributed by atoms with Crippen molar-refractivity contribution in [2.75, 3.05) is 19.5 Å². The number of nitrogens with one attached hydrogen (secondary N) is 1. The minimum absolute atomic E-state index is 0. The number of benzene rings is 2. The second kappa shape index (κ2) is 10.8. The molecule has 0 radical (unpaired) electrons. The van der Waals surface area contributed by atoms with Gasteiger partial charge in [0.1, 0.15) is 11.4 Å². The first-order valence-corrected chi connectivity index (χ1v) is 9.11. The standard InChI is InChI=1S/C21H26F3N3O3.HI/c1-20(2,3)30-15-8-6-13(16(11-15)21(22,23)24)12-26-19(25)27-14-7-9-17(28-4)18(10-14)29-5;/h6-11H,12H2,1-5H3,(H3,25,26,27);1H. The van der Waals surface area contributed by atoms with Gasteiger partial charge >= 0.3 is 6.18 Å². The van der Waals surface area contributed by atoms with E-state index in [1.165, 1.54) is 26.4 Å². The maximum absolute atomic E-state index is 13.5. The van der Waals surface area contributed by atoms with Gasteiger partial charge in [-0.3, -0.25) is 0 Å². The Hall–Kier alpha value is -2.37. The normalized spacial score (nSPS) is 12.1. The second-order valence-corrected chi connectivity index (χ2v) is 7.43. The zero-order valence-electron chi connectivity index (χ0n) is 18.0. The molecule has 0 aliphatic rings. The monoisotopic (exact) mass is 553 g/mol. The number of aliphatic imine (C=N–C) groups is 1. The maximum Gasteiger partial charge on any atom is 0.416 e. The molecule has 2 aromatic rings. The zero-order chi connectivity index (χ0) is 22.5. The number of methoxy groups -OCH3 is 2. The molecule has 0 fully saturated rings. The molecule has 0 saturated carbocycles. The Labute approximate surface area is 197 Å². The van der Waals surface area contributed by atoms with Gasteiger partial charge in [-0.15, -0.1) is 24.0 Å². The summed E-state index contributed by atoms with van der Waals surface area (Å²) in [7, 11) is 3.00. The van der Waals surface area contributed by atoms with Crippen LogP contribution in [0.25, 0.3) is 0 Å². The summed E-state index contributed by atoms with van der Waals surface area (Å²) in [5.41, 5.74) is 4.96. The molecule has 0 spiro atoms. The van der Waals surface area contributed by atoms with Crippen molar-refractivity contribution in [3.05, 3.63) is 47.5 Å². The maximum atomic E-state index is 13.5. The van der Waals surface area contributed by atoms with E-state index in [9.17, 15) is 13.2 Å². The number of ether oxygens (including phenoxy) is 3. The molecule has 172 valence electrons. The largest absolute Gasteiger partial charge is 0.493 e. The third-order valence-corrected chi connectivity index (χ3v) is 3.89. The minimum atomic E-state index is -4.55. The Kier molecular flexibility index (Phi) is 9.27. The van der Waals surface area contributed by atoms with Gasteiger partial charge in [0.2, 0.25) is 0 Å². The van der Waals surface area contributed by atoms with Crippen LogP contribution in [0.5, 0.6) is 17.2 Å². The van der Waals surface area contributed by atoms with Crippen LogP contribution in [-0.4, -0.2) is 25.8 Å². The fraction of sp³-hybridized carbons (Fsp3) is 0.381. The Bertz CT molecular complexity index is 913. The number of alkyl halides is 3. The summed E-state index contributed by atoms with van der Waals surface area (Å²) in [6, 6.07) is 8.81. The summed E-state index contributed by atoms with van der Waals surface area (Å²) in [6.07, 6.45) is -4.55. The van der Waals surface area contributed by atoms with Crippen molar-refractivity contribution in [1.29, 1.82) is 0 Å². The molecule has 0 heterocycles. The van der Waals surface area contributed by atoms with E-state index < -0.39 is 17.3 Å². The summed E-state index contributed by atoms with van der Waals surface area (Å²) in [5.74, 6) is 1.11. The van der Waals surface area contributed by atoms with Gasteiger partial charge in [-0.05, 0) is 50.6 Å². The summed E-state index contributed by atoms with van der Waals surface area (Å²) in [5, 5.41) is 2.83. The van der Waals surface area contributed by atoms with Gasteiger partial charge in [-0.25, -0.2) is 4.99 Å². The molecule has 0 saturated heterocycles. The van der Waals surface area contributed by atoms with Crippen molar-refractivity contribution in [3.8, 4) is 17.2 Å². The van der Waals surface area contributed by atoms with E-state index in [1.54, 1.807) is 39.0 Å². The lowest BCUT2D eigenvalue weighted by molar-refractivity contribution is -0.138. The second-order valence-electron chi connectivity index (χ2n) is 7.43. The van der Waals surface area contributed by atoms with Crippen molar-refractivity contribution in [3.63, 3.8) is 0 Å². The number of hydrogen-bond acceptors (Lipinski definition) is 4. The van der Waals surface area contributed by atoms with Crippen molar-refractivity contribution in [1.82, 2.24) is 0 Å². The third kappa shape index (κ3) is 8.00. The highest BCUT2D eigenvalue weighted by molar-refractivity contribution is 14.0. The lowest BCUT2D eigenvalue weighted by Gasteiger charge is -2.22. The lowest BCUT2D eigenvalue weighted by Crippen LogP contribution is -2.24. The van der Waals surface area contributed by atoms with Crippen LogP contribution in [0.4, 0.5) is 18.9 Å². The molecule has 2 aromatic carbocycles. The zero-order valence-corrected chi connectivity index (χ0v) is 20.3. The average Bonchev–Trinajstić information content (AvgIpc) is 2.64. The number of hydrogen-bond donors (Lipinski definition) is 2. The molecular formula is C21H27F3IN3O3. The molecule has 0 unspecified atom stereocenters. The van der Waals surface area contributed by atoms with E-state index in [1.807, 2.05) is 0 Å². The molecule has 6 nitrogen and oxygen atoms in total. The van der Waals surface area contributed by atoms with Crippen molar-refractivity contribution in [2.45, 2.75) is 39.1 Å². The molecule has 3 N–H and O–H groups in total. The number of halogens is 4. The molecule has 0 bridgehead atoms. The first-order valence-electron chi connectivity index (χ1n) is 9.11. The van der Waals surface area contributed by atoms with Gasteiger partial charge in [0.15, 0.2) is 17.5 Å². The van der Waals surface area contributed by atoms with Gasteiger partial charge in [-0.2, -0.15) is 13.2 Å². The third-order valence-electron chi connectivity index (χ3n) is 3.89. The van der Waals surface area contributed by atoms with E-state index in [0.29, 0.717) is 17.2 Å². The first-order chi connectivity index (χ1) is 13.9. The van der Waals surface area contributed by atoms with Crippen LogP contribution in [0.15, 0.2) is 41.4 Å². The molecule has 10 heteroatoms. The number of anilines is 1. The molecule has 0 atom stereocenters. The topological polar surface area (TPSA) is 78.1 Å². The number of guanidine groups is 1. The van der Waals surface area contributed by atoms with Crippen molar-refractivity contribution in [2.24, 2.45) is 10.7 Å². The molecule has 31 heavy (non-hydrogen) atoms. The van der Waals surface area contributed by atoms with E-state index in [-0.39, 0.29) is 47.8 Å². The van der Waals surface area contributed by atoms with E-state index in [2.05, 4.69) is 10.3 Å².